The van der Waals surface area contributed by atoms with Crippen LogP contribution in [0.2, 0.25) is 0 Å². The Morgan fingerprint density at radius 1 is 1.41 bits per heavy atom. The van der Waals surface area contributed by atoms with E-state index in [-0.39, 0.29) is 19.1 Å². The van der Waals surface area contributed by atoms with Crippen LogP contribution in [-0.2, 0) is 14.3 Å². The minimum Gasteiger partial charge on any atom is -0.444 e. The van der Waals surface area contributed by atoms with E-state index in [9.17, 15) is 9.59 Å². The average Bonchev–Trinajstić information content (AvgIpc) is 2.27. The Bertz CT molecular complexity index is 286. The summed E-state index contributed by atoms with van der Waals surface area (Å²) in [5, 5.41) is 2.59. The van der Waals surface area contributed by atoms with E-state index in [1.165, 1.54) is 4.90 Å². The standard InChI is InChI=1S/C11H20N2O4/c1-11(2,3)17-10(15)13-5-4-9(14)12-8-16-7-6-13/h4-8H2,1-3H3,(H,12,14). The quantitative estimate of drug-likeness (QED) is 0.681. The van der Waals surface area contributed by atoms with Crippen LogP contribution in [0, 0.1) is 0 Å². The lowest BCUT2D eigenvalue weighted by Crippen LogP contribution is -2.39. The van der Waals surface area contributed by atoms with Crippen LogP contribution in [-0.4, -0.2) is 48.9 Å². The molecule has 0 aromatic rings. The molecule has 0 aromatic carbocycles. The predicted molar refractivity (Wildman–Crippen MR) is 61.4 cm³/mol. The summed E-state index contributed by atoms with van der Waals surface area (Å²) in [6.45, 7) is 6.80. The third kappa shape index (κ3) is 5.53. The second kappa shape index (κ2) is 5.86. The van der Waals surface area contributed by atoms with Gasteiger partial charge >= 0.3 is 6.09 Å². The molecule has 1 aliphatic heterocycles. The zero-order valence-electron chi connectivity index (χ0n) is 10.6. The lowest BCUT2D eigenvalue weighted by atomic mass is 10.2. The van der Waals surface area contributed by atoms with Crippen molar-refractivity contribution >= 4 is 12.0 Å². The first-order valence-electron chi connectivity index (χ1n) is 5.71. The molecule has 98 valence electrons. The second-order valence-corrected chi connectivity index (χ2v) is 4.87. The number of rotatable bonds is 0. The predicted octanol–water partition coefficient (Wildman–Crippen LogP) is 0.718. The van der Waals surface area contributed by atoms with Gasteiger partial charge in [0.2, 0.25) is 5.91 Å². The normalized spacial score (nSPS) is 18.8. The number of nitrogens with one attached hydrogen (secondary N) is 1. The molecule has 0 aliphatic carbocycles. The summed E-state index contributed by atoms with van der Waals surface area (Å²) in [5.41, 5.74) is -0.529. The van der Waals surface area contributed by atoms with Gasteiger partial charge in [-0.05, 0) is 20.8 Å². The molecule has 0 saturated carbocycles. The maximum absolute atomic E-state index is 11.8. The summed E-state index contributed by atoms with van der Waals surface area (Å²) in [7, 11) is 0. The van der Waals surface area contributed by atoms with Crippen LogP contribution in [0.15, 0.2) is 0 Å². The lowest BCUT2D eigenvalue weighted by molar-refractivity contribution is -0.122. The number of ether oxygens (including phenoxy) is 2. The molecule has 1 rings (SSSR count). The van der Waals surface area contributed by atoms with Gasteiger partial charge in [-0.3, -0.25) is 4.79 Å². The molecule has 0 bridgehead atoms. The van der Waals surface area contributed by atoms with Crippen LogP contribution in [0.25, 0.3) is 0 Å². The van der Waals surface area contributed by atoms with Crippen LogP contribution < -0.4 is 5.32 Å². The van der Waals surface area contributed by atoms with Crippen molar-refractivity contribution in [3.8, 4) is 0 Å². The summed E-state index contributed by atoms with van der Waals surface area (Å²) in [4.78, 5) is 24.6. The first-order valence-corrected chi connectivity index (χ1v) is 5.71. The van der Waals surface area contributed by atoms with Crippen molar-refractivity contribution in [2.24, 2.45) is 0 Å². The molecule has 1 fully saturated rings. The van der Waals surface area contributed by atoms with E-state index in [1.54, 1.807) is 0 Å². The molecule has 2 amide bonds. The number of amides is 2. The van der Waals surface area contributed by atoms with Crippen LogP contribution in [0.3, 0.4) is 0 Å². The van der Waals surface area contributed by atoms with Gasteiger partial charge in [-0.1, -0.05) is 0 Å². The van der Waals surface area contributed by atoms with Gasteiger partial charge in [0, 0.05) is 19.5 Å². The molecule has 0 atom stereocenters. The molecule has 6 heteroatoms. The van der Waals surface area contributed by atoms with E-state index < -0.39 is 11.7 Å². The van der Waals surface area contributed by atoms with Crippen LogP contribution in [0.5, 0.6) is 0 Å². The number of carbonyl (C=O) groups excluding carboxylic acids is 2. The minimum absolute atomic E-state index is 0.125. The van der Waals surface area contributed by atoms with E-state index in [4.69, 9.17) is 9.47 Å². The van der Waals surface area contributed by atoms with Crippen LogP contribution >= 0.6 is 0 Å². The molecule has 1 saturated heterocycles. The Hall–Kier alpha value is -1.30. The zero-order valence-corrected chi connectivity index (χ0v) is 10.6. The summed E-state index contributed by atoms with van der Waals surface area (Å²) in [5.74, 6) is -0.125. The molecule has 17 heavy (non-hydrogen) atoms. The van der Waals surface area contributed by atoms with E-state index in [0.29, 0.717) is 19.7 Å². The summed E-state index contributed by atoms with van der Waals surface area (Å²) < 4.78 is 10.4. The highest BCUT2D eigenvalue weighted by Gasteiger charge is 2.23. The molecule has 0 spiro atoms. The molecule has 1 N–H and O–H groups in total. The Morgan fingerprint density at radius 2 is 2.12 bits per heavy atom. The number of hydrogen-bond donors (Lipinski definition) is 1. The van der Waals surface area contributed by atoms with Gasteiger partial charge in [-0.25, -0.2) is 4.79 Å². The number of carbonyl (C=O) groups is 2. The molecule has 0 unspecified atom stereocenters. The lowest BCUT2D eigenvalue weighted by Gasteiger charge is -2.26. The largest absolute Gasteiger partial charge is 0.444 e. The van der Waals surface area contributed by atoms with Gasteiger partial charge < -0.3 is 19.7 Å². The highest BCUT2D eigenvalue weighted by atomic mass is 16.6. The molecular formula is C11H20N2O4. The Labute approximate surface area is 101 Å². The minimum atomic E-state index is -0.529. The summed E-state index contributed by atoms with van der Waals surface area (Å²) >= 11 is 0. The van der Waals surface area contributed by atoms with E-state index in [0.717, 1.165) is 0 Å². The van der Waals surface area contributed by atoms with Gasteiger partial charge in [0.05, 0.1) is 6.61 Å². The van der Waals surface area contributed by atoms with Crippen LogP contribution in [0.1, 0.15) is 27.2 Å². The van der Waals surface area contributed by atoms with E-state index in [2.05, 4.69) is 5.32 Å². The first-order chi connectivity index (χ1) is 7.88. The van der Waals surface area contributed by atoms with E-state index >= 15 is 0 Å². The number of nitrogens with zero attached hydrogens (tertiary/aromatic N) is 1. The summed E-state index contributed by atoms with van der Waals surface area (Å²) in [6.07, 6.45) is -0.140. The Balaban J connectivity index is 2.54. The van der Waals surface area contributed by atoms with Crippen molar-refractivity contribution < 1.29 is 19.1 Å². The molecule has 0 aromatic heterocycles. The van der Waals surface area contributed by atoms with Gasteiger partial charge in [0.15, 0.2) is 0 Å². The maximum Gasteiger partial charge on any atom is 0.410 e. The van der Waals surface area contributed by atoms with Gasteiger partial charge in [0.1, 0.15) is 12.3 Å². The van der Waals surface area contributed by atoms with Crippen molar-refractivity contribution in [3.63, 3.8) is 0 Å². The third-order valence-electron chi connectivity index (χ3n) is 2.14. The highest BCUT2D eigenvalue weighted by molar-refractivity contribution is 5.77. The SMILES string of the molecule is CC(C)(C)OC(=O)N1CCOCNC(=O)CC1. The molecular weight excluding hydrogens is 224 g/mol. The average molecular weight is 244 g/mol. The van der Waals surface area contributed by atoms with Gasteiger partial charge in [0.25, 0.3) is 0 Å². The third-order valence-corrected chi connectivity index (χ3v) is 2.14. The smallest absolute Gasteiger partial charge is 0.410 e. The fourth-order valence-electron chi connectivity index (χ4n) is 1.32. The van der Waals surface area contributed by atoms with Crippen molar-refractivity contribution in [3.05, 3.63) is 0 Å². The first kappa shape index (κ1) is 13.8. The maximum atomic E-state index is 11.8. The highest BCUT2D eigenvalue weighted by Crippen LogP contribution is 2.10. The summed E-state index contributed by atoms with van der Waals surface area (Å²) in [6, 6.07) is 0. The van der Waals surface area contributed by atoms with Crippen molar-refractivity contribution in [1.82, 2.24) is 10.2 Å². The molecule has 0 radical (unpaired) electrons. The Morgan fingerprint density at radius 3 is 2.76 bits per heavy atom. The van der Waals surface area contributed by atoms with Gasteiger partial charge in [-0.15, -0.1) is 0 Å². The number of hydrogen-bond acceptors (Lipinski definition) is 4. The van der Waals surface area contributed by atoms with E-state index in [1.807, 2.05) is 20.8 Å². The van der Waals surface area contributed by atoms with Crippen LogP contribution in [0.4, 0.5) is 4.79 Å². The molecule has 1 aliphatic rings. The van der Waals surface area contributed by atoms with Crippen molar-refractivity contribution in [2.45, 2.75) is 32.8 Å². The zero-order chi connectivity index (χ0) is 12.9. The molecule has 1 heterocycles. The van der Waals surface area contributed by atoms with Crippen molar-refractivity contribution in [1.29, 1.82) is 0 Å². The van der Waals surface area contributed by atoms with Crippen molar-refractivity contribution in [2.75, 3.05) is 26.4 Å². The second-order valence-electron chi connectivity index (χ2n) is 4.87. The fourth-order valence-corrected chi connectivity index (χ4v) is 1.32. The monoisotopic (exact) mass is 244 g/mol. The fraction of sp³-hybridized carbons (Fsp3) is 0.818. The Kier molecular flexibility index (Phi) is 4.74. The topological polar surface area (TPSA) is 67.9 Å². The van der Waals surface area contributed by atoms with Gasteiger partial charge in [-0.2, -0.15) is 0 Å². The molecule has 6 nitrogen and oxygen atoms in total.